The molecule has 0 bridgehead atoms. The van der Waals surface area contributed by atoms with Gasteiger partial charge in [0.2, 0.25) is 0 Å². The molecule has 3 fully saturated rings. The van der Waals surface area contributed by atoms with Gasteiger partial charge in [-0.3, -0.25) is 0 Å². The molecule has 0 nitrogen and oxygen atoms in total. The van der Waals surface area contributed by atoms with Gasteiger partial charge >= 0.3 is 0 Å². The van der Waals surface area contributed by atoms with Gasteiger partial charge in [-0.1, -0.05) is 96.9 Å². The van der Waals surface area contributed by atoms with Gasteiger partial charge in [-0.15, -0.1) is 23.5 Å². The lowest BCUT2D eigenvalue weighted by atomic mass is 9.74. The Morgan fingerprint density at radius 2 is 0.900 bits per heavy atom. The van der Waals surface area contributed by atoms with Crippen molar-refractivity contribution in [2.75, 3.05) is 11.5 Å². The van der Waals surface area contributed by atoms with Gasteiger partial charge < -0.3 is 0 Å². The molecule has 6 aliphatic carbocycles. The van der Waals surface area contributed by atoms with Crippen molar-refractivity contribution in [3.63, 3.8) is 0 Å². The maximum absolute atomic E-state index is 13.6. The van der Waals surface area contributed by atoms with E-state index in [4.69, 9.17) is 1.34 Å². The predicted molar refractivity (Wildman–Crippen MR) is 217 cm³/mol. The van der Waals surface area contributed by atoms with E-state index in [-0.39, 0.29) is 20.3 Å². The summed E-state index contributed by atoms with van der Waals surface area (Å²) >= 11 is 4.47. The van der Waals surface area contributed by atoms with Crippen LogP contribution >= 0.6 is 23.5 Å². The van der Waals surface area contributed by atoms with Crippen LogP contribution in [0.4, 0.5) is 8.78 Å². The quantitative estimate of drug-likeness (QED) is 0.273. The normalized spacial score (nSPS) is 29.1. The molecule has 0 unspecified atom stereocenters. The summed E-state index contributed by atoms with van der Waals surface area (Å²) in [5, 5.41) is 0. The molecular weight excluding hydrogens is 653 g/mol. The van der Waals surface area contributed by atoms with Gasteiger partial charge in [0.1, 0.15) is 0 Å². The third-order valence-electron chi connectivity index (χ3n) is 14.1. The van der Waals surface area contributed by atoms with E-state index >= 15 is 0 Å². The molecule has 2 aromatic rings. The molecule has 274 valence electrons. The summed E-state index contributed by atoms with van der Waals surface area (Å²) in [7, 11) is 3.75. The summed E-state index contributed by atoms with van der Waals surface area (Å²) in [6.07, 6.45) is 24.9. The molecule has 0 N–H and O–H groups in total. The third-order valence-corrected chi connectivity index (χ3v) is 17.5. The number of alkyl halides is 2. The van der Waals surface area contributed by atoms with E-state index in [2.05, 4.69) is 70.0 Å². The summed E-state index contributed by atoms with van der Waals surface area (Å²) in [5.41, 5.74) is 11.4. The van der Waals surface area contributed by atoms with Gasteiger partial charge in [-0.2, -0.15) is 0 Å². The van der Waals surface area contributed by atoms with Gasteiger partial charge in [0.15, 0.2) is 0 Å². The highest BCUT2D eigenvalue weighted by Gasteiger charge is 2.43. The first kappa shape index (κ1) is 37.4. The summed E-state index contributed by atoms with van der Waals surface area (Å²) in [6, 6.07) is 9.52. The topological polar surface area (TPSA) is 0 Å². The van der Waals surface area contributed by atoms with Crippen LogP contribution in [0.5, 0.6) is 0 Å². The van der Waals surface area contributed by atoms with E-state index in [9.17, 15) is 8.78 Å². The highest BCUT2D eigenvalue weighted by molar-refractivity contribution is 8.21. The zero-order chi connectivity index (χ0) is 34.9. The van der Waals surface area contributed by atoms with Crippen molar-refractivity contribution in [1.82, 2.24) is 0 Å². The third kappa shape index (κ3) is 8.24. The first-order valence-electron chi connectivity index (χ1n) is 20.8. The Labute approximate surface area is 316 Å². The van der Waals surface area contributed by atoms with Crippen LogP contribution in [0.1, 0.15) is 143 Å². The smallest absolute Gasteiger partial charge is 0.206 e. The Hall–Kier alpha value is -0.935. The van der Waals surface area contributed by atoms with Crippen LogP contribution in [0, 0.1) is 35.5 Å². The summed E-state index contributed by atoms with van der Waals surface area (Å²) in [6.45, 7) is 4.65. The SMILES string of the molecule is C.CCCC1CCC(C2Cc3cc4c(cc3C2)CC(F)(F)C4)CC1.CCCC1CCC(C2Cc3cc4c(cc3C2)CC2(C4)SCCS2)CC1.[2H][B]. The predicted octanol–water partition coefficient (Wildman–Crippen LogP) is 12.0. The first-order valence-corrected chi connectivity index (χ1v) is 22.2. The van der Waals surface area contributed by atoms with Crippen LogP contribution in [0.15, 0.2) is 24.3 Å². The second-order valence-electron chi connectivity index (χ2n) is 17.4. The lowest BCUT2D eigenvalue weighted by Gasteiger charge is -2.32. The molecular formula is C45H65BF2S2. The van der Waals surface area contributed by atoms with Crippen molar-refractivity contribution in [3.05, 3.63) is 68.8 Å². The second kappa shape index (κ2) is 16.2. The Balaban J connectivity index is 0.000000165. The highest BCUT2D eigenvalue weighted by Crippen LogP contribution is 2.53. The Bertz CT molecular complexity index is 1380. The zero-order valence-electron chi connectivity index (χ0n) is 31.5. The minimum atomic E-state index is -2.51. The van der Waals surface area contributed by atoms with E-state index < -0.39 is 5.92 Å². The molecule has 2 saturated carbocycles. The van der Waals surface area contributed by atoms with Gasteiger partial charge in [-0.25, -0.2) is 8.78 Å². The standard InChI is InChI=1S/C23H32S2.C21H28F2.CH4.BH/c1-2-3-16-4-6-17(7-5-16)18-10-19-12-21-14-23(24-8-9-25-23)15-22(21)13-20(19)11-18;1-2-3-14-4-6-15(7-5-14)16-8-17-10-19-12-21(22,23)13-20(19)11-18(17)9-16;;/h12-13,16-18H,2-11,14-15H2,1H3;10-11,14-16H,2-9,12-13H2,1H3;1H4;1H/i;;;1D. The lowest BCUT2D eigenvalue weighted by Crippen LogP contribution is -2.22. The first-order chi connectivity index (χ1) is 24.3. The van der Waals surface area contributed by atoms with E-state index in [1.165, 1.54) is 125 Å². The number of halogens is 2. The van der Waals surface area contributed by atoms with Gasteiger partial charge in [0.25, 0.3) is 5.92 Å². The maximum atomic E-state index is 13.6. The molecule has 2 radical (unpaired) electrons. The second-order valence-corrected chi connectivity index (χ2v) is 20.6. The van der Waals surface area contributed by atoms with Crippen LogP contribution in [0.2, 0.25) is 0 Å². The Kier molecular flexibility index (Phi) is 12.1. The zero-order valence-corrected chi connectivity index (χ0v) is 32.1. The minimum absolute atomic E-state index is 0. The molecule has 0 aromatic heterocycles. The van der Waals surface area contributed by atoms with Gasteiger partial charge in [-0.05, 0) is 146 Å². The van der Waals surface area contributed by atoms with E-state index in [0.29, 0.717) is 4.08 Å². The van der Waals surface area contributed by atoms with Crippen LogP contribution in [0.25, 0.3) is 0 Å². The van der Waals surface area contributed by atoms with Crippen LogP contribution in [0.3, 0.4) is 0 Å². The number of hydrogen-bond acceptors (Lipinski definition) is 2. The fraction of sp³-hybridized carbons (Fsp3) is 0.733. The highest BCUT2D eigenvalue weighted by atomic mass is 32.2. The molecule has 0 amide bonds. The number of rotatable bonds is 6. The summed E-state index contributed by atoms with van der Waals surface area (Å²) in [5.74, 6) is 5.85. The Morgan fingerprint density at radius 1 is 0.560 bits per heavy atom. The monoisotopic (exact) mass is 719 g/mol. The van der Waals surface area contributed by atoms with Crippen molar-refractivity contribution in [3.8, 4) is 0 Å². The van der Waals surface area contributed by atoms with E-state index in [1.54, 1.807) is 22.3 Å². The van der Waals surface area contributed by atoms with Crippen molar-refractivity contribution in [2.24, 2.45) is 35.5 Å². The fourth-order valence-electron chi connectivity index (χ4n) is 11.6. The largest absolute Gasteiger partial charge is 0.256 e. The molecule has 7 aliphatic rings. The molecule has 1 spiro atoms. The number of hydrogen-bond donors (Lipinski definition) is 0. The summed E-state index contributed by atoms with van der Waals surface area (Å²) in [4.78, 5) is 0. The fourth-order valence-corrected chi connectivity index (χ4v) is 14.9. The van der Waals surface area contributed by atoms with Crippen LogP contribution in [-0.2, 0) is 51.4 Å². The lowest BCUT2D eigenvalue weighted by molar-refractivity contribution is 0.0130. The molecule has 1 saturated heterocycles. The van der Waals surface area contributed by atoms with Crippen molar-refractivity contribution >= 4 is 31.9 Å². The molecule has 5 heteroatoms. The number of benzene rings is 2. The molecule has 2 aromatic carbocycles. The van der Waals surface area contributed by atoms with Crippen molar-refractivity contribution in [1.29, 1.82) is 1.34 Å². The average Bonchev–Trinajstić information content (AvgIpc) is 3.94. The van der Waals surface area contributed by atoms with Crippen molar-refractivity contribution < 1.29 is 8.78 Å². The van der Waals surface area contributed by atoms with E-state index in [0.717, 1.165) is 59.5 Å². The van der Waals surface area contributed by atoms with Crippen LogP contribution in [-0.4, -0.2) is 31.2 Å². The summed E-state index contributed by atoms with van der Waals surface area (Å²) < 4.78 is 33.0. The maximum Gasteiger partial charge on any atom is 0.256 e. The van der Waals surface area contributed by atoms with Gasteiger partial charge in [0.05, 0.1) is 4.08 Å². The molecule has 50 heavy (non-hydrogen) atoms. The van der Waals surface area contributed by atoms with Crippen molar-refractivity contribution in [2.45, 2.75) is 160 Å². The van der Waals surface area contributed by atoms with Crippen LogP contribution < -0.4 is 0 Å². The molecule has 1 heterocycles. The number of fused-ring (bicyclic) bond motifs is 4. The Morgan fingerprint density at radius 3 is 1.24 bits per heavy atom. The minimum Gasteiger partial charge on any atom is -0.206 e. The average molecular weight is 720 g/mol. The number of thioether (sulfide) groups is 2. The molecule has 9 rings (SSSR count). The molecule has 0 atom stereocenters. The molecule has 1 aliphatic heterocycles. The van der Waals surface area contributed by atoms with Gasteiger partial charge in [0, 0.05) is 32.7 Å². The van der Waals surface area contributed by atoms with E-state index in [1.807, 2.05) is 0 Å².